The Morgan fingerprint density at radius 3 is 1.15 bits per heavy atom. The first-order valence-electron chi connectivity index (χ1n) is 22.3. The van der Waals surface area contributed by atoms with Crippen molar-refractivity contribution in [3.8, 4) is 0 Å². The lowest BCUT2D eigenvalue weighted by atomic mass is 10.0. The number of primary amides is 1. The van der Waals surface area contributed by atoms with Crippen LogP contribution >= 0.6 is 11.8 Å². The predicted octanol–water partition coefficient (Wildman–Crippen LogP) is -6.47. The summed E-state index contributed by atoms with van der Waals surface area (Å²) in [6.45, 7) is 1.08. The van der Waals surface area contributed by atoms with E-state index in [1.165, 1.54) is 18.7 Å². The zero-order valence-electron chi connectivity index (χ0n) is 39.9. The Labute approximate surface area is 417 Å². The molecule has 0 rings (SSSR count). The third kappa shape index (κ3) is 28.9. The summed E-state index contributed by atoms with van der Waals surface area (Å²) in [5.74, 6) is -13.9. The fraction of sp³-hybridized carbons (Fsp3) is 0.650. The highest BCUT2D eigenvalue weighted by Gasteiger charge is 2.34. The number of aliphatic imine (C=N–C) groups is 2. The molecule has 0 aliphatic rings. The third-order valence-electron chi connectivity index (χ3n) is 10.0. The molecule has 0 aliphatic carbocycles. The Hall–Kier alpha value is -7.51. The van der Waals surface area contributed by atoms with Gasteiger partial charge in [0.2, 0.25) is 47.3 Å². The smallest absolute Gasteiger partial charge is 0.326 e. The van der Waals surface area contributed by atoms with Crippen LogP contribution in [0.1, 0.15) is 90.4 Å². The number of thioether (sulfide) groups is 1. The van der Waals surface area contributed by atoms with Crippen LogP contribution in [0.2, 0.25) is 0 Å². The summed E-state index contributed by atoms with van der Waals surface area (Å²) in [6, 6.07) is -12.2. The van der Waals surface area contributed by atoms with E-state index in [9.17, 15) is 67.7 Å². The Morgan fingerprint density at radius 1 is 0.444 bits per heavy atom. The quantitative estimate of drug-likeness (QED) is 0.0155. The maximum Gasteiger partial charge on any atom is 0.326 e. The fourth-order valence-electron chi connectivity index (χ4n) is 6.12. The fourth-order valence-corrected chi connectivity index (χ4v) is 6.59. The first-order chi connectivity index (χ1) is 33.7. The average Bonchev–Trinajstić information content (AvgIpc) is 3.29. The van der Waals surface area contributed by atoms with E-state index in [2.05, 4.69) is 47.2 Å². The molecule has 32 heteroatoms. The highest BCUT2D eigenvalue weighted by molar-refractivity contribution is 7.98. The monoisotopic (exact) mass is 1050 g/mol. The highest BCUT2D eigenvalue weighted by atomic mass is 32.2. The number of hydrogen-bond acceptors (Lipinski definition) is 16. The summed E-state index contributed by atoms with van der Waals surface area (Å²) in [7, 11) is 0. The molecule has 0 spiro atoms. The van der Waals surface area contributed by atoms with E-state index in [4.69, 9.17) is 44.6 Å². The molecular weight excluding hydrogens is 979 g/mol. The van der Waals surface area contributed by atoms with Crippen LogP contribution in [0.25, 0.3) is 0 Å². The van der Waals surface area contributed by atoms with Gasteiger partial charge in [0.15, 0.2) is 11.9 Å². The van der Waals surface area contributed by atoms with Crippen LogP contribution in [0.5, 0.6) is 0 Å². The van der Waals surface area contributed by atoms with Crippen LogP contribution < -0.4 is 71.6 Å². The minimum Gasteiger partial charge on any atom is -0.481 e. The first kappa shape index (κ1) is 64.5. The van der Waals surface area contributed by atoms with E-state index in [1.807, 2.05) is 0 Å². The van der Waals surface area contributed by atoms with E-state index in [0.717, 1.165) is 0 Å². The topological polar surface area (TPSA) is 551 Å². The van der Waals surface area contributed by atoms with E-state index in [0.29, 0.717) is 0 Å². The molecule has 0 fully saturated rings. The van der Waals surface area contributed by atoms with Crippen molar-refractivity contribution in [2.24, 2.45) is 44.4 Å². The molecule has 0 unspecified atom stereocenters. The minimum absolute atomic E-state index is 0.0204. The Bertz CT molecular complexity index is 1970. The number of hydrogen-bond donors (Lipinski definition) is 17. The minimum atomic E-state index is -1.65. The maximum absolute atomic E-state index is 14.1. The van der Waals surface area contributed by atoms with Crippen molar-refractivity contribution in [1.82, 2.24) is 37.2 Å². The van der Waals surface area contributed by atoms with Crippen LogP contribution in [0, 0.1) is 0 Å². The molecule has 0 aromatic heterocycles. The first-order valence-corrected chi connectivity index (χ1v) is 23.7. The van der Waals surface area contributed by atoms with Gasteiger partial charge in [0.1, 0.15) is 42.3 Å². The molecule has 72 heavy (non-hydrogen) atoms. The van der Waals surface area contributed by atoms with Crippen molar-refractivity contribution in [3.05, 3.63) is 0 Å². The molecule has 23 N–H and O–H groups in total. The lowest BCUT2D eigenvalue weighted by Crippen LogP contribution is -2.60. The van der Waals surface area contributed by atoms with Gasteiger partial charge in [-0.05, 0) is 76.7 Å². The van der Waals surface area contributed by atoms with Crippen LogP contribution in [0.15, 0.2) is 9.98 Å². The second kappa shape index (κ2) is 34.7. The van der Waals surface area contributed by atoms with E-state index >= 15 is 0 Å². The molecule has 0 bridgehead atoms. The highest BCUT2D eigenvalue weighted by Crippen LogP contribution is 2.10. The SMILES string of the molecule is CSCC[C@H](NC(=O)[C@H](CCC(=O)O)NC(=O)[C@@H](N)CCC(=O)O)C(=O)N[C@@H](CCC(N)=O)C(=O)N[C@@H](CCCN=C(N)N)C(=O)N[C@@H](CCCN=C(N)N)C(=O)N[C@@H](C)C(=O)N[C@@H](CCC(=O)O)C(=O)O. The lowest BCUT2D eigenvalue weighted by molar-refractivity contribution is -0.143. The molecule has 8 amide bonds. The number of nitrogens with two attached hydrogens (primary N) is 6. The average molecular weight is 1050 g/mol. The van der Waals surface area contributed by atoms with Crippen LogP contribution in [-0.4, -0.2) is 177 Å². The molecule has 0 radical (unpaired) electrons. The van der Waals surface area contributed by atoms with Crippen LogP contribution in [0.3, 0.4) is 0 Å². The Balaban J connectivity index is 6.81. The molecule has 406 valence electrons. The maximum atomic E-state index is 14.1. The molecule has 0 aromatic carbocycles. The van der Waals surface area contributed by atoms with Gasteiger partial charge in [-0.15, -0.1) is 0 Å². The number of carboxylic acid groups (broad SMARTS) is 4. The molecule has 0 aromatic rings. The van der Waals surface area contributed by atoms with E-state index in [1.54, 1.807) is 6.26 Å². The summed E-state index contributed by atoms with van der Waals surface area (Å²) in [4.78, 5) is 160. The Kier molecular flexibility index (Phi) is 31.1. The van der Waals surface area contributed by atoms with Crippen molar-refractivity contribution < 1.29 is 78.0 Å². The molecule has 31 nitrogen and oxygen atoms in total. The number of nitrogens with one attached hydrogen (secondary N) is 7. The number of guanidine groups is 2. The van der Waals surface area contributed by atoms with Gasteiger partial charge < -0.3 is 92.0 Å². The van der Waals surface area contributed by atoms with Gasteiger partial charge in [0.25, 0.3) is 0 Å². The largest absolute Gasteiger partial charge is 0.481 e. The molecule has 0 heterocycles. The summed E-state index contributed by atoms with van der Waals surface area (Å²) in [5, 5.41) is 53.3. The summed E-state index contributed by atoms with van der Waals surface area (Å²) < 4.78 is 0. The van der Waals surface area contributed by atoms with Gasteiger partial charge in [0.05, 0.1) is 6.04 Å². The van der Waals surface area contributed by atoms with Crippen molar-refractivity contribution in [2.45, 2.75) is 139 Å². The van der Waals surface area contributed by atoms with Crippen molar-refractivity contribution in [3.63, 3.8) is 0 Å². The molecule has 8 atom stereocenters. The summed E-state index contributed by atoms with van der Waals surface area (Å²) in [5.41, 5.74) is 32.8. The van der Waals surface area contributed by atoms with Gasteiger partial charge >= 0.3 is 23.9 Å². The number of carboxylic acids is 4. The van der Waals surface area contributed by atoms with Crippen molar-refractivity contribution >= 4 is 94.8 Å². The number of rotatable bonds is 38. The second-order valence-electron chi connectivity index (χ2n) is 16.0. The molecule has 0 saturated heterocycles. The number of carbonyl (C=O) groups excluding carboxylic acids is 8. The lowest BCUT2D eigenvalue weighted by Gasteiger charge is -2.27. The molecule has 0 saturated carbocycles. The molecule has 0 aliphatic heterocycles. The second-order valence-corrected chi connectivity index (χ2v) is 17.0. The summed E-state index contributed by atoms with van der Waals surface area (Å²) in [6.07, 6.45) is -2.74. The number of amides is 8. The zero-order valence-corrected chi connectivity index (χ0v) is 40.7. The van der Waals surface area contributed by atoms with E-state index < -0.39 is 164 Å². The number of carbonyl (C=O) groups is 12. The number of nitrogens with zero attached hydrogens (tertiary/aromatic N) is 2. The zero-order chi connectivity index (χ0) is 55.1. The normalized spacial score (nSPS) is 14.0. The van der Waals surface area contributed by atoms with Gasteiger partial charge in [-0.3, -0.25) is 62.7 Å². The Morgan fingerprint density at radius 2 is 0.778 bits per heavy atom. The van der Waals surface area contributed by atoms with Gasteiger partial charge in [0, 0.05) is 38.8 Å². The predicted molar refractivity (Wildman–Crippen MR) is 257 cm³/mol. The standard InChI is InChI=1S/C40H69N15O16S/c1-19(31(63)55-26(38(70)71)10-14-30(61)62)49-33(65)21(5-3-16-47-39(43)44)51-34(66)22(6-4-17-48-40(45)46)52-35(67)23(8-11-27(42)56)53-37(69)25(15-18-72-2)54-36(68)24(9-13-29(59)60)50-32(64)20(41)7-12-28(57)58/h19-26H,3-18,41H2,1-2H3,(H2,42,56)(H,49,65)(H,50,64)(H,51,66)(H,52,67)(H,53,69)(H,54,68)(H,55,63)(H,57,58)(H,59,60)(H,61,62)(H,70,71)(H4,43,44,47)(H4,45,46,48)/t19-,20-,21-,22-,23-,24-,25-,26-/m0/s1. The van der Waals surface area contributed by atoms with Gasteiger partial charge in [-0.2, -0.15) is 11.8 Å². The van der Waals surface area contributed by atoms with Crippen LogP contribution in [0.4, 0.5) is 0 Å². The summed E-state index contributed by atoms with van der Waals surface area (Å²) >= 11 is 1.25. The number of aliphatic carboxylic acids is 4. The van der Waals surface area contributed by atoms with E-state index in [-0.39, 0.29) is 69.3 Å². The van der Waals surface area contributed by atoms with Crippen LogP contribution in [-0.2, 0) is 57.5 Å². The van der Waals surface area contributed by atoms with Gasteiger partial charge in [-0.1, -0.05) is 0 Å². The van der Waals surface area contributed by atoms with Crippen molar-refractivity contribution in [1.29, 1.82) is 0 Å². The van der Waals surface area contributed by atoms with Gasteiger partial charge in [-0.25, -0.2) is 4.79 Å². The van der Waals surface area contributed by atoms with Crippen molar-refractivity contribution in [2.75, 3.05) is 25.1 Å². The third-order valence-corrected chi connectivity index (χ3v) is 10.7. The molecular formula is C40H69N15O16S.